The lowest BCUT2D eigenvalue weighted by atomic mass is 9.99. The molecule has 0 aliphatic heterocycles. The largest absolute Gasteiger partial charge is 0.455 e. The molecule has 0 fully saturated rings. The Morgan fingerprint density at radius 1 is 0.480 bits per heavy atom. The fraction of sp³-hybridized carbons (Fsp3) is 0. The molecule has 4 heterocycles. The lowest BCUT2D eigenvalue weighted by Gasteiger charge is -2.11. The maximum absolute atomic E-state index is 6.82. The number of aromatic nitrogens is 5. The molecule has 0 amide bonds. The summed E-state index contributed by atoms with van der Waals surface area (Å²) in [5, 5.41) is 4.35. The third-order valence-corrected chi connectivity index (χ3v) is 9.31. The highest BCUT2D eigenvalue weighted by molar-refractivity contribution is 6.26. The number of fused-ring (bicyclic) bond motifs is 7. The van der Waals surface area contributed by atoms with Crippen LogP contribution in [0.25, 0.3) is 94.7 Å². The highest BCUT2D eigenvalue weighted by atomic mass is 16.3. The lowest BCUT2D eigenvalue weighted by molar-refractivity contribution is 0.670. The predicted molar refractivity (Wildman–Crippen MR) is 201 cm³/mol. The number of rotatable bonds is 5. The molecule has 6 aromatic carbocycles. The van der Waals surface area contributed by atoms with Gasteiger partial charge in [0.25, 0.3) is 0 Å². The number of nitrogens with zero attached hydrogens (tertiary/aromatic N) is 5. The molecule has 0 saturated carbocycles. The number of furan rings is 1. The lowest BCUT2D eigenvalue weighted by Crippen LogP contribution is -2.00. The summed E-state index contributed by atoms with van der Waals surface area (Å²) < 4.78 is 9.17. The van der Waals surface area contributed by atoms with Gasteiger partial charge in [-0.05, 0) is 48.5 Å². The van der Waals surface area contributed by atoms with Gasteiger partial charge >= 0.3 is 0 Å². The van der Waals surface area contributed by atoms with Crippen LogP contribution in [0, 0.1) is 0 Å². The minimum Gasteiger partial charge on any atom is -0.455 e. The van der Waals surface area contributed by atoms with Gasteiger partial charge in [-0.1, -0.05) is 103 Å². The van der Waals surface area contributed by atoms with E-state index in [1.807, 2.05) is 72.9 Å². The van der Waals surface area contributed by atoms with Gasteiger partial charge in [0.05, 0.1) is 16.4 Å². The van der Waals surface area contributed by atoms with E-state index >= 15 is 0 Å². The van der Waals surface area contributed by atoms with Gasteiger partial charge in [-0.2, -0.15) is 0 Å². The quantitative estimate of drug-likeness (QED) is 0.187. The molecule has 50 heavy (non-hydrogen) atoms. The number of benzene rings is 6. The van der Waals surface area contributed by atoms with E-state index < -0.39 is 0 Å². The third kappa shape index (κ3) is 4.50. The molecule has 0 radical (unpaired) electrons. The van der Waals surface area contributed by atoms with E-state index in [0.717, 1.165) is 71.9 Å². The molecule has 234 valence electrons. The van der Waals surface area contributed by atoms with Crippen LogP contribution in [0.2, 0.25) is 0 Å². The van der Waals surface area contributed by atoms with Gasteiger partial charge in [-0.15, -0.1) is 0 Å². The Morgan fingerprint density at radius 2 is 1.10 bits per heavy atom. The normalized spacial score (nSPS) is 11.6. The first kappa shape index (κ1) is 28.1. The predicted octanol–water partition coefficient (Wildman–Crippen LogP) is 10.9. The summed E-state index contributed by atoms with van der Waals surface area (Å²) in [6.45, 7) is 0. The minimum absolute atomic E-state index is 0.579. The van der Waals surface area contributed by atoms with Crippen molar-refractivity contribution in [3.8, 4) is 51.0 Å². The molecule has 10 rings (SSSR count). The van der Waals surface area contributed by atoms with Crippen LogP contribution in [0.4, 0.5) is 0 Å². The van der Waals surface area contributed by atoms with Gasteiger partial charge < -0.3 is 8.98 Å². The molecule has 10 aromatic rings. The number of pyridine rings is 1. The van der Waals surface area contributed by atoms with E-state index in [1.165, 1.54) is 5.39 Å². The van der Waals surface area contributed by atoms with E-state index in [1.54, 1.807) is 6.20 Å². The monoisotopic (exact) mass is 641 g/mol. The minimum atomic E-state index is 0.579. The van der Waals surface area contributed by atoms with Crippen molar-refractivity contribution in [2.75, 3.05) is 0 Å². The van der Waals surface area contributed by atoms with Gasteiger partial charge in [-0.25, -0.2) is 15.0 Å². The zero-order chi connectivity index (χ0) is 33.0. The number of hydrogen-bond donors (Lipinski definition) is 0. The second-order valence-corrected chi connectivity index (χ2v) is 12.3. The molecule has 6 nitrogen and oxygen atoms in total. The Bertz CT molecular complexity index is 2790. The standard InChI is InChI=1S/C44H27N5O/c1-4-13-28(14-5-1)42-46-43(29-15-6-2-7-16-29)48-44(47-42)31-25-35(30-17-12-24-45-27-30)41-36(26-31)39-38(50-41)23-22-34-33-20-10-11-21-37(33)49(40(34)39)32-18-8-3-9-19-32/h1-27H. The fourth-order valence-corrected chi connectivity index (χ4v) is 7.07. The molecule has 0 atom stereocenters. The van der Waals surface area contributed by atoms with Crippen molar-refractivity contribution in [3.05, 3.63) is 164 Å². The number of para-hydroxylation sites is 2. The van der Waals surface area contributed by atoms with Crippen molar-refractivity contribution in [3.63, 3.8) is 0 Å². The van der Waals surface area contributed by atoms with Gasteiger partial charge in [0, 0.05) is 62.1 Å². The van der Waals surface area contributed by atoms with Crippen LogP contribution in [-0.4, -0.2) is 24.5 Å². The summed E-state index contributed by atoms with van der Waals surface area (Å²) in [7, 11) is 0. The van der Waals surface area contributed by atoms with Crippen LogP contribution in [0.5, 0.6) is 0 Å². The Morgan fingerprint density at radius 3 is 1.78 bits per heavy atom. The van der Waals surface area contributed by atoms with Crippen molar-refractivity contribution in [2.24, 2.45) is 0 Å². The van der Waals surface area contributed by atoms with Gasteiger partial charge in [0.2, 0.25) is 0 Å². The summed E-state index contributed by atoms with van der Waals surface area (Å²) in [5.41, 5.74) is 9.46. The van der Waals surface area contributed by atoms with E-state index in [4.69, 9.17) is 19.4 Å². The van der Waals surface area contributed by atoms with Crippen LogP contribution < -0.4 is 0 Å². The van der Waals surface area contributed by atoms with Crippen molar-refractivity contribution < 1.29 is 4.42 Å². The SMILES string of the molecule is c1ccc(-c2nc(-c3ccccc3)nc(-c3cc(-c4cccnc4)c4oc5ccc6c7ccccc7n(-c7ccccc7)c6c5c4c3)n2)cc1. The van der Waals surface area contributed by atoms with Crippen LogP contribution in [0.3, 0.4) is 0 Å². The molecule has 6 heteroatoms. The first-order chi connectivity index (χ1) is 24.8. The average molecular weight is 642 g/mol. The van der Waals surface area contributed by atoms with E-state index in [9.17, 15) is 0 Å². The second-order valence-electron chi connectivity index (χ2n) is 12.3. The first-order valence-electron chi connectivity index (χ1n) is 16.6. The average Bonchev–Trinajstić information content (AvgIpc) is 3.74. The molecule has 0 bridgehead atoms. The Kier molecular flexibility index (Phi) is 6.39. The smallest absolute Gasteiger partial charge is 0.164 e. The molecular weight excluding hydrogens is 615 g/mol. The van der Waals surface area contributed by atoms with Crippen molar-refractivity contribution >= 4 is 43.7 Å². The van der Waals surface area contributed by atoms with Crippen molar-refractivity contribution in [2.45, 2.75) is 0 Å². The van der Waals surface area contributed by atoms with Crippen LogP contribution in [0.15, 0.2) is 168 Å². The molecule has 0 unspecified atom stereocenters. The van der Waals surface area contributed by atoms with Crippen LogP contribution >= 0.6 is 0 Å². The fourth-order valence-electron chi connectivity index (χ4n) is 7.07. The Balaban J connectivity index is 1.34. The van der Waals surface area contributed by atoms with Gasteiger partial charge in [0.1, 0.15) is 11.2 Å². The van der Waals surface area contributed by atoms with Gasteiger partial charge in [-0.3, -0.25) is 4.98 Å². The van der Waals surface area contributed by atoms with Crippen LogP contribution in [0.1, 0.15) is 0 Å². The first-order valence-corrected chi connectivity index (χ1v) is 16.6. The molecule has 0 aliphatic carbocycles. The van der Waals surface area contributed by atoms with E-state index in [-0.39, 0.29) is 0 Å². The van der Waals surface area contributed by atoms with Crippen LogP contribution in [-0.2, 0) is 0 Å². The summed E-state index contributed by atoms with van der Waals surface area (Å²) in [4.78, 5) is 19.6. The Hall–Kier alpha value is -6.92. The third-order valence-electron chi connectivity index (χ3n) is 9.31. The topological polar surface area (TPSA) is 69.6 Å². The summed E-state index contributed by atoms with van der Waals surface area (Å²) in [6, 6.07) is 51.8. The Labute approximate surface area is 287 Å². The summed E-state index contributed by atoms with van der Waals surface area (Å²) in [5.74, 6) is 1.80. The van der Waals surface area contributed by atoms with E-state index in [2.05, 4.69) is 94.5 Å². The van der Waals surface area contributed by atoms with Crippen molar-refractivity contribution in [1.82, 2.24) is 24.5 Å². The summed E-state index contributed by atoms with van der Waals surface area (Å²) >= 11 is 0. The molecule has 0 N–H and O–H groups in total. The zero-order valence-electron chi connectivity index (χ0n) is 26.7. The number of hydrogen-bond acceptors (Lipinski definition) is 5. The summed E-state index contributed by atoms with van der Waals surface area (Å²) in [6.07, 6.45) is 3.66. The molecule has 4 aromatic heterocycles. The highest BCUT2D eigenvalue weighted by Gasteiger charge is 2.23. The highest BCUT2D eigenvalue weighted by Crippen LogP contribution is 2.44. The molecular formula is C44H27N5O. The van der Waals surface area contributed by atoms with Gasteiger partial charge in [0.15, 0.2) is 17.5 Å². The maximum Gasteiger partial charge on any atom is 0.164 e. The van der Waals surface area contributed by atoms with Crippen molar-refractivity contribution in [1.29, 1.82) is 0 Å². The second kappa shape index (κ2) is 11.4. The molecule has 0 saturated heterocycles. The molecule has 0 aliphatic rings. The zero-order valence-corrected chi connectivity index (χ0v) is 26.7. The maximum atomic E-state index is 6.82. The molecule has 0 spiro atoms. The van der Waals surface area contributed by atoms with E-state index in [0.29, 0.717) is 17.5 Å².